The molecular formula is C23H47O6PS. The summed E-state index contributed by atoms with van der Waals surface area (Å²) < 4.78 is 20.2. The number of hydrogen-bond donors (Lipinski definition) is 2. The van der Waals surface area contributed by atoms with Crippen molar-refractivity contribution in [2.24, 2.45) is 5.92 Å². The van der Waals surface area contributed by atoms with E-state index in [4.69, 9.17) is 14.5 Å². The normalized spacial score (nSPS) is 13.8. The van der Waals surface area contributed by atoms with E-state index in [1.807, 2.05) is 6.92 Å². The van der Waals surface area contributed by atoms with E-state index in [0.717, 1.165) is 19.3 Å². The Bertz CT molecular complexity index is 471. The summed E-state index contributed by atoms with van der Waals surface area (Å²) in [6.45, 7) is 4.09. The fourth-order valence-corrected chi connectivity index (χ4v) is 5.15. The highest BCUT2D eigenvalue weighted by atomic mass is 32.2. The zero-order valence-electron chi connectivity index (χ0n) is 20.1. The predicted molar refractivity (Wildman–Crippen MR) is 130 cm³/mol. The van der Waals surface area contributed by atoms with E-state index in [1.165, 1.54) is 95.9 Å². The van der Waals surface area contributed by atoms with Crippen LogP contribution in [0.1, 0.15) is 110 Å². The lowest BCUT2D eigenvalue weighted by Gasteiger charge is -2.17. The lowest BCUT2D eigenvalue weighted by atomic mass is 10.0. The Kier molecular flexibility index (Phi) is 20.5. The minimum atomic E-state index is -4.44. The van der Waals surface area contributed by atoms with E-state index < -0.39 is 7.82 Å². The first kappa shape index (κ1) is 30.9. The molecule has 31 heavy (non-hydrogen) atoms. The minimum Gasteiger partial charge on any atom is -0.468 e. The van der Waals surface area contributed by atoms with Crippen molar-refractivity contribution in [1.29, 1.82) is 0 Å². The molecule has 0 saturated carbocycles. The number of phosphoric ester groups is 1. The first-order valence-electron chi connectivity index (χ1n) is 12.2. The highest BCUT2D eigenvalue weighted by Gasteiger charge is 2.22. The summed E-state index contributed by atoms with van der Waals surface area (Å²) in [5.74, 6) is 0.321. The van der Waals surface area contributed by atoms with Crippen LogP contribution in [0.25, 0.3) is 0 Å². The first-order chi connectivity index (χ1) is 14.8. The van der Waals surface area contributed by atoms with Crippen LogP contribution >= 0.6 is 19.6 Å². The van der Waals surface area contributed by atoms with E-state index in [0.29, 0.717) is 5.75 Å². The summed E-state index contributed by atoms with van der Waals surface area (Å²) in [6, 6.07) is 0. The Morgan fingerprint density at radius 2 is 1.32 bits per heavy atom. The molecule has 2 N–H and O–H groups in total. The van der Waals surface area contributed by atoms with Gasteiger partial charge >= 0.3 is 13.8 Å². The van der Waals surface area contributed by atoms with Crippen LogP contribution in [0.3, 0.4) is 0 Å². The Labute approximate surface area is 194 Å². The molecule has 2 unspecified atom stereocenters. The monoisotopic (exact) mass is 482 g/mol. The average Bonchev–Trinajstić information content (AvgIpc) is 2.73. The molecule has 186 valence electrons. The SMILES string of the molecule is CCCCCCCCCCCCCCCCC(SCC(C)COP(=O)(O)O)C(=O)OC. The first-order valence-corrected chi connectivity index (χ1v) is 14.8. The second kappa shape index (κ2) is 20.5. The fourth-order valence-electron chi connectivity index (χ4n) is 3.48. The molecular weight excluding hydrogens is 435 g/mol. The van der Waals surface area contributed by atoms with Crippen LogP contribution in [0.2, 0.25) is 0 Å². The fraction of sp³-hybridized carbons (Fsp3) is 0.957. The quantitative estimate of drug-likeness (QED) is 0.0987. The molecule has 0 spiro atoms. The van der Waals surface area contributed by atoms with Gasteiger partial charge in [-0.3, -0.25) is 9.32 Å². The highest BCUT2D eigenvalue weighted by molar-refractivity contribution is 8.00. The van der Waals surface area contributed by atoms with Crippen LogP contribution < -0.4 is 0 Å². The van der Waals surface area contributed by atoms with E-state index in [9.17, 15) is 9.36 Å². The molecule has 0 rings (SSSR count). The lowest BCUT2D eigenvalue weighted by Crippen LogP contribution is -2.21. The maximum atomic E-state index is 12.0. The van der Waals surface area contributed by atoms with E-state index in [2.05, 4.69) is 11.4 Å². The molecule has 8 heteroatoms. The van der Waals surface area contributed by atoms with Gasteiger partial charge in [-0.25, -0.2) is 4.57 Å². The molecule has 0 aliphatic heterocycles. The summed E-state index contributed by atoms with van der Waals surface area (Å²) in [5, 5.41) is -0.222. The number of thioether (sulfide) groups is 1. The molecule has 0 saturated heterocycles. The van der Waals surface area contributed by atoms with E-state index in [-0.39, 0.29) is 23.7 Å². The maximum Gasteiger partial charge on any atom is 0.469 e. The Hall–Kier alpha value is -0.0700. The summed E-state index contributed by atoms with van der Waals surface area (Å²) in [5.41, 5.74) is 0. The van der Waals surface area contributed by atoms with Crippen molar-refractivity contribution in [2.75, 3.05) is 19.5 Å². The second-order valence-corrected chi connectivity index (χ2v) is 11.1. The summed E-state index contributed by atoms with van der Waals surface area (Å²) in [4.78, 5) is 29.6. The van der Waals surface area contributed by atoms with E-state index >= 15 is 0 Å². The third kappa shape index (κ3) is 21.5. The van der Waals surface area contributed by atoms with Crippen LogP contribution in [-0.2, 0) is 18.6 Å². The number of methoxy groups -OCH3 is 1. The molecule has 0 aromatic carbocycles. The smallest absolute Gasteiger partial charge is 0.468 e. The summed E-state index contributed by atoms with van der Waals surface area (Å²) in [7, 11) is -3.03. The number of carbonyl (C=O) groups is 1. The van der Waals surface area contributed by atoms with Gasteiger partial charge in [0.15, 0.2) is 0 Å². The van der Waals surface area contributed by atoms with Crippen molar-refractivity contribution >= 4 is 25.6 Å². The Morgan fingerprint density at radius 1 is 0.871 bits per heavy atom. The van der Waals surface area contributed by atoms with Gasteiger partial charge in [0, 0.05) is 0 Å². The molecule has 0 heterocycles. The number of carbonyl (C=O) groups excluding carboxylic acids is 1. The van der Waals surface area contributed by atoms with Gasteiger partial charge in [-0.05, 0) is 18.1 Å². The van der Waals surface area contributed by atoms with Crippen LogP contribution in [0.15, 0.2) is 0 Å². The number of esters is 1. The molecule has 6 nitrogen and oxygen atoms in total. The van der Waals surface area contributed by atoms with Gasteiger partial charge in [-0.2, -0.15) is 0 Å². The summed E-state index contributed by atoms with van der Waals surface area (Å²) in [6.07, 6.45) is 19.1. The van der Waals surface area contributed by atoms with Crippen LogP contribution in [0, 0.1) is 5.92 Å². The van der Waals surface area contributed by atoms with Gasteiger partial charge < -0.3 is 14.5 Å². The molecule has 0 radical (unpaired) electrons. The van der Waals surface area contributed by atoms with Crippen molar-refractivity contribution in [2.45, 2.75) is 115 Å². The molecule has 0 aromatic rings. The number of hydrogen-bond acceptors (Lipinski definition) is 5. The molecule has 0 amide bonds. The van der Waals surface area contributed by atoms with Crippen molar-refractivity contribution in [3.05, 3.63) is 0 Å². The summed E-state index contributed by atoms with van der Waals surface area (Å²) >= 11 is 1.49. The predicted octanol–water partition coefficient (Wildman–Crippen LogP) is 6.88. The van der Waals surface area contributed by atoms with Crippen molar-refractivity contribution in [3.8, 4) is 0 Å². The van der Waals surface area contributed by atoms with Crippen LogP contribution in [-0.4, -0.2) is 40.5 Å². The largest absolute Gasteiger partial charge is 0.469 e. The highest BCUT2D eigenvalue weighted by Crippen LogP contribution is 2.36. The number of phosphoric acid groups is 1. The molecule has 0 aliphatic rings. The lowest BCUT2D eigenvalue weighted by molar-refractivity contribution is -0.140. The zero-order valence-corrected chi connectivity index (χ0v) is 21.8. The number of unbranched alkanes of at least 4 members (excludes halogenated alkanes) is 13. The Morgan fingerprint density at radius 3 is 1.74 bits per heavy atom. The minimum absolute atomic E-state index is 0.0238. The van der Waals surface area contributed by atoms with Gasteiger partial charge in [0.25, 0.3) is 0 Å². The van der Waals surface area contributed by atoms with Crippen LogP contribution in [0.5, 0.6) is 0 Å². The molecule has 0 fully saturated rings. The topological polar surface area (TPSA) is 93.1 Å². The van der Waals surface area contributed by atoms with Gasteiger partial charge in [-0.1, -0.05) is 104 Å². The molecule has 2 atom stereocenters. The molecule has 0 aromatic heterocycles. The van der Waals surface area contributed by atoms with Crippen molar-refractivity contribution < 1.29 is 28.4 Å². The number of ether oxygens (including phenoxy) is 1. The zero-order chi connectivity index (χ0) is 23.4. The van der Waals surface area contributed by atoms with Crippen molar-refractivity contribution in [1.82, 2.24) is 0 Å². The van der Waals surface area contributed by atoms with E-state index in [1.54, 1.807) is 0 Å². The average molecular weight is 483 g/mol. The third-order valence-corrected chi connectivity index (χ3v) is 7.47. The maximum absolute atomic E-state index is 12.0. The van der Waals surface area contributed by atoms with Gasteiger partial charge in [0.1, 0.15) is 5.25 Å². The van der Waals surface area contributed by atoms with Gasteiger partial charge in [0.05, 0.1) is 13.7 Å². The van der Waals surface area contributed by atoms with Crippen molar-refractivity contribution in [3.63, 3.8) is 0 Å². The third-order valence-electron chi connectivity index (χ3n) is 5.39. The molecule has 0 aliphatic carbocycles. The van der Waals surface area contributed by atoms with Crippen LogP contribution in [0.4, 0.5) is 0 Å². The number of rotatable bonds is 22. The standard InChI is InChI=1S/C23H47O6PS/c1-4-5-6-7-8-9-10-11-12-13-14-15-16-17-18-22(23(24)28-3)31-20-21(2)19-29-30(25,26)27/h21-22H,4-20H2,1-3H3,(H2,25,26,27). The molecule has 0 bridgehead atoms. The Balaban J connectivity index is 3.72. The van der Waals surface area contributed by atoms with Gasteiger partial charge in [0.2, 0.25) is 0 Å². The van der Waals surface area contributed by atoms with Gasteiger partial charge in [-0.15, -0.1) is 11.8 Å². The second-order valence-electron chi connectivity index (χ2n) is 8.62.